The Labute approximate surface area is 146 Å². The van der Waals surface area contributed by atoms with Gasteiger partial charge in [0.05, 0.1) is 26.2 Å². The van der Waals surface area contributed by atoms with Crippen LogP contribution in [0.3, 0.4) is 0 Å². The predicted molar refractivity (Wildman–Crippen MR) is 93.4 cm³/mol. The first-order valence-corrected chi connectivity index (χ1v) is 7.83. The van der Waals surface area contributed by atoms with Gasteiger partial charge in [-0.3, -0.25) is 4.79 Å². The smallest absolute Gasteiger partial charge is 0.335 e. The second kappa shape index (κ2) is 8.73. The molecule has 0 atom stereocenters. The van der Waals surface area contributed by atoms with Gasteiger partial charge in [0.1, 0.15) is 11.5 Å². The molecule has 6 heteroatoms. The zero-order valence-corrected chi connectivity index (χ0v) is 14.2. The van der Waals surface area contributed by atoms with E-state index in [0.717, 1.165) is 11.1 Å². The number of benzene rings is 2. The van der Waals surface area contributed by atoms with Crippen LogP contribution in [0.15, 0.2) is 42.5 Å². The second-order valence-electron chi connectivity index (χ2n) is 5.46. The van der Waals surface area contributed by atoms with E-state index in [9.17, 15) is 9.59 Å². The molecule has 0 aliphatic carbocycles. The Morgan fingerprint density at radius 3 is 2.36 bits per heavy atom. The topological polar surface area (TPSA) is 84.9 Å². The number of carbonyl (C=O) groups excluding carboxylic acids is 1. The highest BCUT2D eigenvalue weighted by Gasteiger charge is 2.10. The van der Waals surface area contributed by atoms with Crippen LogP contribution in [0.25, 0.3) is 0 Å². The molecule has 0 bridgehead atoms. The van der Waals surface area contributed by atoms with E-state index in [1.165, 1.54) is 0 Å². The minimum atomic E-state index is -0.951. The number of hydrogen-bond acceptors (Lipinski definition) is 4. The number of carboxylic acids is 1. The van der Waals surface area contributed by atoms with Crippen molar-refractivity contribution in [2.24, 2.45) is 0 Å². The maximum Gasteiger partial charge on any atom is 0.335 e. The molecular formula is C19H21NO5. The van der Waals surface area contributed by atoms with Gasteiger partial charge in [0.2, 0.25) is 5.91 Å². The Balaban J connectivity index is 1.85. The molecule has 1 amide bonds. The van der Waals surface area contributed by atoms with Gasteiger partial charge in [-0.2, -0.15) is 0 Å². The van der Waals surface area contributed by atoms with Crippen molar-refractivity contribution in [3.05, 3.63) is 59.2 Å². The highest BCUT2D eigenvalue weighted by Crippen LogP contribution is 2.24. The Bertz CT molecular complexity index is 740. The number of amides is 1. The molecule has 0 fully saturated rings. The standard InChI is InChI=1S/C19H21NO5/c1-24-16-8-7-15(17(12-16)25-2)11-18(21)20-10-9-13-3-5-14(6-4-13)19(22)23/h3-8,12H,9-11H2,1-2H3,(H,20,21)(H,22,23). The monoisotopic (exact) mass is 343 g/mol. The summed E-state index contributed by atoms with van der Waals surface area (Å²) in [5.41, 5.74) is 2.00. The molecule has 2 aromatic carbocycles. The van der Waals surface area contributed by atoms with Crippen LogP contribution in [0.4, 0.5) is 0 Å². The number of aromatic carboxylic acids is 1. The minimum Gasteiger partial charge on any atom is -0.497 e. The SMILES string of the molecule is COc1ccc(CC(=O)NCCc2ccc(C(=O)O)cc2)c(OC)c1. The van der Waals surface area contributed by atoms with Gasteiger partial charge < -0.3 is 19.9 Å². The van der Waals surface area contributed by atoms with Crippen LogP contribution < -0.4 is 14.8 Å². The molecule has 2 N–H and O–H groups in total. The van der Waals surface area contributed by atoms with E-state index in [1.54, 1.807) is 50.6 Å². The molecule has 25 heavy (non-hydrogen) atoms. The van der Waals surface area contributed by atoms with Crippen LogP contribution in [-0.2, 0) is 17.6 Å². The molecule has 2 rings (SSSR count). The Hall–Kier alpha value is -3.02. The van der Waals surface area contributed by atoms with Crippen molar-refractivity contribution in [1.82, 2.24) is 5.32 Å². The summed E-state index contributed by atoms with van der Waals surface area (Å²) in [5, 5.41) is 11.7. The third-order valence-electron chi connectivity index (χ3n) is 3.78. The molecule has 0 heterocycles. The molecule has 0 saturated carbocycles. The van der Waals surface area contributed by atoms with Crippen molar-refractivity contribution in [1.29, 1.82) is 0 Å². The van der Waals surface area contributed by atoms with Gasteiger partial charge in [-0.25, -0.2) is 4.79 Å². The Morgan fingerprint density at radius 2 is 1.76 bits per heavy atom. The third kappa shape index (κ3) is 5.24. The van der Waals surface area contributed by atoms with Crippen LogP contribution in [0.5, 0.6) is 11.5 Å². The molecular weight excluding hydrogens is 322 g/mol. The van der Waals surface area contributed by atoms with Gasteiger partial charge in [-0.1, -0.05) is 18.2 Å². The third-order valence-corrected chi connectivity index (χ3v) is 3.78. The molecule has 0 aromatic heterocycles. The van der Waals surface area contributed by atoms with Crippen molar-refractivity contribution in [3.8, 4) is 11.5 Å². The Morgan fingerprint density at radius 1 is 1.04 bits per heavy atom. The van der Waals surface area contributed by atoms with Crippen LogP contribution in [0, 0.1) is 0 Å². The molecule has 6 nitrogen and oxygen atoms in total. The molecule has 0 aliphatic rings. The molecule has 0 aliphatic heterocycles. The summed E-state index contributed by atoms with van der Waals surface area (Å²) < 4.78 is 10.4. The van der Waals surface area contributed by atoms with Gasteiger partial charge >= 0.3 is 5.97 Å². The molecule has 0 spiro atoms. The normalized spacial score (nSPS) is 10.2. The first-order valence-electron chi connectivity index (χ1n) is 7.83. The summed E-state index contributed by atoms with van der Waals surface area (Å²) in [6, 6.07) is 12.0. The number of carboxylic acid groups (broad SMARTS) is 1. The first kappa shape index (κ1) is 18.3. The number of nitrogens with one attached hydrogen (secondary N) is 1. The first-order chi connectivity index (χ1) is 12.0. The quantitative estimate of drug-likeness (QED) is 0.768. The van der Waals surface area contributed by atoms with Crippen LogP contribution in [0.1, 0.15) is 21.5 Å². The van der Waals surface area contributed by atoms with E-state index < -0.39 is 5.97 Å². The largest absolute Gasteiger partial charge is 0.497 e. The maximum atomic E-state index is 12.1. The van der Waals surface area contributed by atoms with Crippen LogP contribution in [-0.4, -0.2) is 37.7 Å². The van der Waals surface area contributed by atoms with Crippen molar-refractivity contribution in [3.63, 3.8) is 0 Å². The average Bonchev–Trinajstić information content (AvgIpc) is 2.62. The highest BCUT2D eigenvalue weighted by molar-refractivity contribution is 5.87. The van der Waals surface area contributed by atoms with Gasteiger partial charge in [0.15, 0.2) is 0 Å². The van der Waals surface area contributed by atoms with E-state index in [-0.39, 0.29) is 17.9 Å². The lowest BCUT2D eigenvalue weighted by Crippen LogP contribution is -2.27. The van der Waals surface area contributed by atoms with Gasteiger partial charge in [0, 0.05) is 18.2 Å². The fourth-order valence-corrected chi connectivity index (χ4v) is 2.39. The summed E-state index contributed by atoms with van der Waals surface area (Å²) in [4.78, 5) is 22.9. The number of rotatable bonds is 8. The molecule has 0 saturated heterocycles. The van der Waals surface area contributed by atoms with E-state index in [4.69, 9.17) is 14.6 Å². The van der Waals surface area contributed by atoms with Crippen LogP contribution >= 0.6 is 0 Å². The molecule has 2 aromatic rings. The lowest BCUT2D eigenvalue weighted by molar-refractivity contribution is -0.120. The lowest BCUT2D eigenvalue weighted by Gasteiger charge is -2.11. The van der Waals surface area contributed by atoms with E-state index in [0.29, 0.717) is 24.5 Å². The van der Waals surface area contributed by atoms with Gasteiger partial charge in [0.25, 0.3) is 0 Å². The van der Waals surface area contributed by atoms with Gasteiger partial charge in [-0.05, 0) is 30.2 Å². The van der Waals surface area contributed by atoms with Crippen molar-refractivity contribution in [2.45, 2.75) is 12.8 Å². The number of hydrogen-bond donors (Lipinski definition) is 2. The Kier molecular flexibility index (Phi) is 6.39. The van der Waals surface area contributed by atoms with E-state index in [2.05, 4.69) is 5.32 Å². The van der Waals surface area contributed by atoms with Crippen LogP contribution in [0.2, 0.25) is 0 Å². The summed E-state index contributed by atoms with van der Waals surface area (Å²) in [6.45, 7) is 0.476. The molecule has 0 unspecified atom stereocenters. The zero-order valence-electron chi connectivity index (χ0n) is 14.2. The van der Waals surface area contributed by atoms with Crippen molar-refractivity contribution in [2.75, 3.05) is 20.8 Å². The fraction of sp³-hybridized carbons (Fsp3) is 0.263. The van der Waals surface area contributed by atoms with E-state index in [1.807, 2.05) is 6.07 Å². The average molecular weight is 343 g/mol. The number of methoxy groups -OCH3 is 2. The van der Waals surface area contributed by atoms with Crippen molar-refractivity contribution < 1.29 is 24.2 Å². The summed E-state index contributed by atoms with van der Waals surface area (Å²) in [5.74, 6) is 0.225. The van der Waals surface area contributed by atoms with E-state index >= 15 is 0 Å². The predicted octanol–water partition coefficient (Wildman–Crippen LogP) is 2.30. The zero-order chi connectivity index (χ0) is 18.2. The molecule has 0 radical (unpaired) electrons. The summed E-state index contributed by atoms with van der Waals surface area (Å²) in [7, 11) is 3.13. The highest BCUT2D eigenvalue weighted by atomic mass is 16.5. The van der Waals surface area contributed by atoms with Crippen molar-refractivity contribution >= 4 is 11.9 Å². The number of carbonyl (C=O) groups is 2. The summed E-state index contributed by atoms with van der Waals surface area (Å²) >= 11 is 0. The maximum absolute atomic E-state index is 12.1. The number of ether oxygens (including phenoxy) is 2. The fourth-order valence-electron chi connectivity index (χ4n) is 2.39. The van der Waals surface area contributed by atoms with Gasteiger partial charge in [-0.15, -0.1) is 0 Å². The minimum absolute atomic E-state index is 0.106. The molecule has 132 valence electrons. The lowest BCUT2D eigenvalue weighted by atomic mass is 10.1. The summed E-state index contributed by atoms with van der Waals surface area (Å²) in [6.07, 6.45) is 0.844. The second-order valence-corrected chi connectivity index (χ2v) is 5.46.